The Morgan fingerprint density at radius 1 is 1.24 bits per heavy atom. The van der Waals surface area contributed by atoms with E-state index in [-0.39, 0.29) is 0 Å². The number of nitrogens with zero attached hydrogens (tertiary/aromatic N) is 1. The van der Waals surface area contributed by atoms with Crippen LogP contribution in [0.5, 0.6) is 0 Å². The number of aliphatic carboxylic acids is 1. The first-order chi connectivity index (χ1) is 9.70. The summed E-state index contributed by atoms with van der Waals surface area (Å²) in [4.78, 5) is 25.5. The van der Waals surface area contributed by atoms with Crippen molar-refractivity contribution in [1.82, 2.24) is 15.5 Å². The number of carboxylic acids is 1. The van der Waals surface area contributed by atoms with Crippen LogP contribution in [0.15, 0.2) is 0 Å². The second kappa shape index (κ2) is 7.64. The zero-order chi connectivity index (χ0) is 16.0. The summed E-state index contributed by atoms with van der Waals surface area (Å²) in [5, 5.41) is 14.5. The number of amides is 2. The second-order valence-corrected chi connectivity index (χ2v) is 7.10. The largest absolute Gasteiger partial charge is 0.480 e. The first kappa shape index (κ1) is 17.8. The summed E-state index contributed by atoms with van der Waals surface area (Å²) in [5.41, 5.74) is -0.523. The monoisotopic (exact) mass is 299 g/mol. The molecule has 1 fully saturated rings. The third-order valence-electron chi connectivity index (χ3n) is 3.77. The van der Waals surface area contributed by atoms with E-state index in [1.165, 1.54) is 12.8 Å². The van der Waals surface area contributed by atoms with E-state index in [0.717, 1.165) is 19.6 Å². The molecule has 122 valence electrons. The predicted molar refractivity (Wildman–Crippen MR) is 82.3 cm³/mol. The van der Waals surface area contributed by atoms with Crippen LogP contribution in [0, 0.1) is 11.3 Å². The van der Waals surface area contributed by atoms with Crippen LogP contribution in [0.2, 0.25) is 0 Å². The average Bonchev–Trinajstić information content (AvgIpc) is 2.84. The van der Waals surface area contributed by atoms with Crippen LogP contribution < -0.4 is 10.6 Å². The minimum atomic E-state index is -1.01. The number of nitrogens with one attached hydrogen (secondary N) is 2. The van der Waals surface area contributed by atoms with E-state index < -0.39 is 23.5 Å². The van der Waals surface area contributed by atoms with Crippen molar-refractivity contribution in [2.24, 2.45) is 11.3 Å². The molecule has 3 N–H and O–H groups in total. The van der Waals surface area contributed by atoms with Gasteiger partial charge in [-0.2, -0.15) is 0 Å². The highest BCUT2D eigenvalue weighted by Gasteiger charge is 2.32. The minimum absolute atomic E-state index is 0.353. The number of carbonyl (C=O) groups excluding carboxylic acids is 1. The van der Waals surface area contributed by atoms with Gasteiger partial charge in [0.2, 0.25) is 0 Å². The summed E-state index contributed by atoms with van der Waals surface area (Å²) in [5.74, 6) is -0.658. The van der Waals surface area contributed by atoms with Gasteiger partial charge in [-0.15, -0.1) is 0 Å². The number of hydrogen-bond donors (Lipinski definition) is 3. The van der Waals surface area contributed by atoms with Crippen molar-refractivity contribution >= 4 is 12.0 Å². The number of carbonyl (C=O) groups is 2. The zero-order valence-electron chi connectivity index (χ0n) is 13.6. The van der Waals surface area contributed by atoms with Crippen LogP contribution >= 0.6 is 0 Å². The van der Waals surface area contributed by atoms with E-state index in [4.69, 9.17) is 0 Å². The van der Waals surface area contributed by atoms with E-state index in [0.29, 0.717) is 12.5 Å². The molecule has 0 saturated carbocycles. The Morgan fingerprint density at radius 3 is 2.29 bits per heavy atom. The van der Waals surface area contributed by atoms with E-state index in [9.17, 15) is 14.7 Å². The molecule has 0 aromatic carbocycles. The second-order valence-electron chi connectivity index (χ2n) is 7.10. The summed E-state index contributed by atoms with van der Waals surface area (Å²) in [6, 6.07) is -1.31. The maximum atomic E-state index is 11.8. The van der Waals surface area contributed by atoms with Gasteiger partial charge in [0, 0.05) is 13.1 Å². The molecule has 0 radical (unpaired) electrons. The molecule has 1 heterocycles. The van der Waals surface area contributed by atoms with Crippen molar-refractivity contribution < 1.29 is 14.7 Å². The van der Waals surface area contributed by atoms with Gasteiger partial charge in [0.25, 0.3) is 0 Å². The molecule has 0 bridgehead atoms. The Hall–Kier alpha value is -1.30. The van der Waals surface area contributed by atoms with Crippen LogP contribution in [0.4, 0.5) is 4.79 Å². The van der Waals surface area contributed by atoms with Crippen molar-refractivity contribution in [3.63, 3.8) is 0 Å². The summed E-state index contributed by atoms with van der Waals surface area (Å²) in [7, 11) is 0. The average molecular weight is 299 g/mol. The topological polar surface area (TPSA) is 81.7 Å². The van der Waals surface area contributed by atoms with Gasteiger partial charge in [-0.25, -0.2) is 9.59 Å². The van der Waals surface area contributed by atoms with Gasteiger partial charge < -0.3 is 20.6 Å². The lowest BCUT2D eigenvalue weighted by molar-refractivity contribution is -0.141. The van der Waals surface area contributed by atoms with Crippen molar-refractivity contribution in [2.45, 2.75) is 46.6 Å². The maximum Gasteiger partial charge on any atom is 0.326 e. The zero-order valence-corrected chi connectivity index (χ0v) is 13.6. The quantitative estimate of drug-likeness (QED) is 0.694. The number of hydrogen-bond acceptors (Lipinski definition) is 3. The Bertz CT molecular complexity index is 360. The molecule has 1 saturated heterocycles. The Morgan fingerprint density at radius 2 is 1.81 bits per heavy atom. The standard InChI is InChI=1S/C15H29N3O3/c1-11(10-18-7-5-6-8-18)9-16-14(21)17-12(13(19)20)15(2,3)4/h11-12H,5-10H2,1-4H3,(H,19,20)(H2,16,17,21). The molecule has 2 unspecified atom stereocenters. The molecule has 1 aliphatic heterocycles. The SMILES string of the molecule is CC(CNC(=O)NC(C(=O)O)C(C)(C)C)CN1CCCC1. The Labute approximate surface area is 127 Å². The number of urea groups is 1. The fourth-order valence-electron chi connectivity index (χ4n) is 2.57. The molecule has 0 aromatic rings. The lowest BCUT2D eigenvalue weighted by Crippen LogP contribution is -2.53. The fourth-order valence-corrected chi connectivity index (χ4v) is 2.57. The smallest absolute Gasteiger partial charge is 0.326 e. The highest BCUT2D eigenvalue weighted by Crippen LogP contribution is 2.19. The molecule has 0 aliphatic carbocycles. The number of rotatable bonds is 6. The predicted octanol–water partition coefficient (Wildman–Crippen LogP) is 1.52. The number of carboxylic acid groups (broad SMARTS) is 1. The normalized spacial score (nSPS) is 19.0. The summed E-state index contributed by atoms with van der Waals surface area (Å²) >= 11 is 0. The Balaban J connectivity index is 2.33. The van der Waals surface area contributed by atoms with Crippen LogP contribution in [0.1, 0.15) is 40.5 Å². The van der Waals surface area contributed by atoms with Crippen molar-refractivity contribution in [3.8, 4) is 0 Å². The molecule has 6 heteroatoms. The first-order valence-electron chi connectivity index (χ1n) is 7.69. The molecule has 1 rings (SSSR count). The van der Waals surface area contributed by atoms with Crippen LogP contribution in [-0.4, -0.2) is 54.2 Å². The van der Waals surface area contributed by atoms with Gasteiger partial charge in [0.05, 0.1) is 0 Å². The van der Waals surface area contributed by atoms with Crippen LogP contribution in [-0.2, 0) is 4.79 Å². The van der Waals surface area contributed by atoms with Gasteiger partial charge >= 0.3 is 12.0 Å². The molecular formula is C15H29N3O3. The van der Waals surface area contributed by atoms with E-state index >= 15 is 0 Å². The molecule has 0 spiro atoms. The van der Waals surface area contributed by atoms with Crippen LogP contribution in [0.3, 0.4) is 0 Å². The molecular weight excluding hydrogens is 270 g/mol. The molecule has 6 nitrogen and oxygen atoms in total. The van der Waals surface area contributed by atoms with Crippen molar-refractivity contribution in [2.75, 3.05) is 26.2 Å². The highest BCUT2D eigenvalue weighted by molar-refractivity contribution is 5.83. The van der Waals surface area contributed by atoms with Gasteiger partial charge in [0.1, 0.15) is 6.04 Å². The molecule has 21 heavy (non-hydrogen) atoms. The lowest BCUT2D eigenvalue weighted by atomic mass is 9.87. The van der Waals surface area contributed by atoms with Gasteiger partial charge in [-0.3, -0.25) is 0 Å². The van der Waals surface area contributed by atoms with Gasteiger partial charge in [-0.1, -0.05) is 27.7 Å². The fraction of sp³-hybridized carbons (Fsp3) is 0.867. The summed E-state index contributed by atoms with van der Waals surface area (Å²) < 4.78 is 0. The van der Waals surface area contributed by atoms with Crippen molar-refractivity contribution in [3.05, 3.63) is 0 Å². The molecule has 2 amide bonds. The van der Waals surface area contributed by atoms with Gasteiger partial charge in [-0.05, 0) is 37.3 Å². The third-order valence-corrected chi connectivity index (χ3v) is 3.77. The van der Waals surface area contributed by atoms with Gasteiger partial charge in [0.15, 0.2) is 0 Å². The summed E-state index contributed by atoms with van der Waals surface area (Å²) in [6.45, 7) is 11.3. The van der Waals surface area contributed by atoms with E-state index in [1.807, 2.05) is 0 Å². The van der Waals surface area contributed by atoms with Crippen LogP contribution in [0.25, 0.3) is 0 Å². The lowest BCUT2D eigenvalue weighted by Gasteiger charge is -2.28. The Kier molecular flexibility index (Phi) is 6.45. The molecule has 2 atom stereocenters. The highest BCUT2D eigenvalue weighted by atomic mass is 16.4. The minimum Gasteiger partial charge on any atom is -0.480 e. The maximum absolute atomic E-state index is 11.8. The third kappa shape index (κ3) is 6.33. The summed E-state index contributed by atoms with van der Waals surface area (Å²) in [6.07, 6.45) is 2.51. The molecule has 0 aromatic heterocycles. The van der Waals surface area contributed by atoms with E-state index in [1.54, 1.807) is 20.8 Å². The molecule has 1 aliphatic rings. The van der Waals surface area contributed by atoms with Crippen molar-refractivity contribution in [1.29, 1.82) is 0 Å². The van der Waals surface area contributed by atoms with E-state index in [2.05, 4.69) is 22.5 Å². The number of likely N-dealkylation sites (tertiary alicyclic amines) is 1. The first-order valence-corrected chi connectivity index (χ1v) is 7.69.